The highest BCUT2D eigenvalue weighted by molar-refractivity contribution is 7.15. The molecule has 0 aliphatic carbocycles. The lowest BCUT2D eigenvalue weighted by atomic mass is 10.1. The van der Waals surface area contributed by atoms with Crippen molar-refractivity contribution < 1.29 is 14.3 Å². The minimum Gasteiger partial charge on any atom is -0.444 e. The molecule has 1 fully saturated rings. The summed E-state index contributed by atoms with van der Waals surface area (Å²) in [5, 5.41) is 4.98. The largest absolute Gasteiger partial charge is 0.444 e. The zero-order valence-electron chi connectivity index (χ0n) is 16.7. The lowest BCUT2D eigenvalue weighted by molar-refractivity contribution is -0.120. The molecule has 1 saturated heterocycles. The number of thiazole rings is 1. The van der Waals surface area contributed by atoms with Gasteiger partial charge in [-0.3, -0.25) is 14.1 Å². The van der Waals surface area contributed by atoms with Gasteiger partial charge in [0.2, 0.25) is 5.91 Å². The number of benzene rings is 1. The Bertz CT molecular complexity index is 1020. The molecular weight excluding hydrogens is 388 g/mol. The Morgan fingerprint density at radius 3 is 2.83 bits per heavy atom. The van der Waals surface area contributed by atoms with Gasteiger partial charge in [0.1, 0.15) is 11.6 Å². The molecule has 1 N–H and O–H groups in total. The van der Waals surface area contributed by atoms with E-state index < -0.39 is 17.7 Å². The highest BCUT2D eigenvalue weighted by atomic mass is 32.1. The maximum Gasteiger partial charge on any atom is 0.410 e. The molecule has 8 heteroatoms. The van der Waals surface area contributed by atoms with Crippen molar-refractivity contribution in [2.45, 2.75) is 45.3 Å². The van der Waals surface area contributed by atoms with E-state index in [4.69, 9.17) is 4.74 Å². The van der Waals surface area contributed by atoms with Crippen LogP contribution in [0.25, 0.3) is 16.2 Å². The normalized spacial score (nSPS) is 16.9. The van der Waals surface area contributed by atoms with Crippen molar-refractivity contribution in [1.82, 2.24) is 14.3 Å². The molecule has 2 amide bonds. The average molecular weight is 413 g/mol. The van der Waals surface area contributed by atoms with Gasteiger partial charge in [-0.05, 0) is 39.7 Å². The summed E-state index contributed by atoms with van der Waals surface area (Å²) < 4.78 is 7.42. The number of nitrogens with one attached hydrogen (secondary N) is 1. The number of rotatable bonds is 3. The van der Waals surface area contributed by atoms with Crippen LogP contribution in [0.15, 0.2) is 42.0 Å². The molecule has 1 aliphatic rings. The van der Waals surface area contributed by atoms with Crippen molar-refractivity contribution in [1.29, 1.82) is 0 Å². The number of anilines is 1. The fraction of sp³-hybridized carbons (Fsp3) is 0.381. The number of imidazole rings is 1. The Morgan fingerprint density at radius 2 is 2.07 bits per heavy atom. The van der Waals surface area contributed by atoms with E-state index in [0.29, 0.717) is 18.7 Å². The van der Waals surface area contributed by atoms with Crippen LogP contribution in [-0.2, 0) is 9.53 Å². The maximum absolute atomic E-state index is 13.0. The van der Waals surface area contributed by atoms with Gasteiger partial charge in [0, 0.05) is 29.9 Å². The van der Waals surface area contributed by atoms with E-state index in [1.807, 2.05) is 67.2 Å². The second kappa shape index (κ2) is 7.51. The van der Waals surface area contributed by atoms with E-state index in [2.05, 4.69) is 10.3 Å². The average Bonchev–Trinajstić information content (AvgIpc) is 3.36. The molecule has 29 heavy (non-hydrogen) atoms. The van der Waals surface area contributed by atoms with Crippen LogP contribution < -0.4 is 5.32 Å². The molecular formula is C21H24N4O3S. The van der Waals surface area contributed by atoms with Crippen LogP contribution >= 0.6 is 11.3 Å². The summed E-state index contributed by atoms with van der Waals surface area (Å²) in [5.74, 6) is -0.207. The Labute approximate surface area is 173 Å². The van der Waals surface area contributed by atoms with E-state index >= 15 is 0 Å². The number of carbonyl (C=O) groups is 2. The molecule has 3 heterocycles. The number of hydrogen-bond acceptors (Lipinski definition) is 5. The minimum atomic E-state index is -0.596. The first kappa shape index (κ1) is 19.4. The highest BCUT2D eigenvalue weighted by Crippen LogP contribution is 2.30. The van der Waals surface area contributed by atoms with Gasteiger partial charge in [-0.2, -0.15) is 0 Å². The standard InChI is InChI=1S/C21H24N4O3S/c1-21(2,3)28-20(27)25-10-6-9-17(25)18(26)22-15-8-5-4-7-14(15)16-13-24-11-12-29-19(24)23-16/h4-5,7-8,11-13,17H,6,9-10H2,1-3H3,(H,22,26). The van der Waals surface area contributed by atoms with E-state index in [-0.39, 0.29) is 5.91 Å². The first-order valence-electron chi connectivity index (χ1n) is 9.64. The Balaban J connectivity index is 1.54. The topological polar surface area (TPSA) is 75.9 Å². The second-order valence-electron chi connectivity index (χ2n) is 8.09. The molecule has 152 valence electrons. The van der Waals surface area contributed by atoms with Gasteiger partial charge in [-0.1, -0.05) is 18.2 Å². The summed E-state index contributed by atoms with van der Waals surface area (Å²) in [6, 6.07) is 7.04. The molecule has 1 unspecified atom stereocenters. The Hall–Kier alpha value is -2.87. The SMILES string of the molecule is CC(C)(C)OC(=O)N1CCCC1C(=O)Nc1ccccc1-c1cn2ccsc2n1. The number of ether oxygens (including phenoxy) is 1. The van der Waals surface area contributed by atoms with Gasteiger partial charge in [-0.15, -0.1) is 11.3 Å². The molecule has 0 bridgehead atoms. The fourth-order valence-corrected chi connectivity index (χ4v) is 4.17. The monoisotopic (exact) mass is 412 g/mol. The predicted octanol–water partition coefficient (Wildman–Crippen LogP) is 4.40. The first-order valence-corrected chi connectivity index (χ1v) is 10.5. The minimum absolute atomic E-state index is 0.207. The van der Waals surface area contributed by atoms with Gasteiger partial charge < -0.3 is 10.1 Å². The number of para-hydroxylation sites is 1. The van der Waals surface area contributed by atoms with Crippen molar-refractivity contribution in [3.8, 4) is 11.3 Å². The van der Waals surface area contributed by atoms with Gasteiger partial charge in [0.15, 0.2) is 4.96 Å². The number of amides is 2. The van der Waals surface area contributed by atoms with Crippen LogP contribution in [0.4, 0.5) is 10.5 Å². The fourth-order valence-electron chi connectivity index (χ4n) is 3.47. The molecule has 1 atom stereocenters. The van der Waals surface area contributed by atoms with E-state index in [1.165, 1.54) is 4.90 Å². The van der Waals surface area contributed by atoms with Crippen molar-refractivity contribution in [2.75, 3.05) is 11.9 Å². The third-order valence-corrected chi connectivity index (χ3v) is 5.51. The van der Waals surface area contributed by atoms with E-state index in [1.54, 1.807) is 11.3 Å². The molecule has 1 aromatic carbocycles. The zero-order valence-corrected chi connectivity index (χ0v) is 17.5. The summed E-state index contributed by atoms with van der Waals surface area (Å²) >= 11 is 1.56. The number of likely N-dealkylation sites (tertiary alicyclic amines) is 1. The van der Waals surface area contributed by atoms with Crippen molar-refractivity contribution in [2.24, 2.45) is 0 Å². The third kappa shape index (κ3) is 4.12. The van der Waals surface area contributed by atoms with E-state index in [0.717, 1.165) is 22.6 Å². The quantitative estimate of drug-likeness (QED) is 0.692. The molecule has 4 rings (SSSR count). The lowest BCUT2D eigenvalue weighted by Crippen LogP contribution is -2.45. The Morgan fingerprint density at radius 1 is 1.28 bits per heavy atom. The summed E-state index contributed by atoms with van der Waals surface area (Å²) in [7, 11) is 0. The zero-order chi connectivity index (χ0) is 20.6. The smallest absolute Gasteiger partial charge is 0.410 e. The van der Waals surface area contributed by atoms with Crippen molar-refractivity contribution in [3.63, 3.8) is 0 Å². The molecule has 7 nitrogen and oxygen atoms in total. The van der Waals surface area contributed by atoms with Gasteiger partial charge in [0.05, 0.1) is 11.4 Å². The third-order valence-electron chi connectivity index (χ3n) is 4.74. The van der Waals surface area contributed by atoms with Crippen LogP contribution in [0, 0.1) is 0 Å². The van der Waals surface area contributed by atoms with Gasteiger partial charge in [0.25, 0.3) is 0 Å². The van der Waals surface area contributed by atoms with Gasteiger partial charge >= 0.3 is 6.09 Å². The predicted molar refractivity (Wildman–Crippen MR) is 113 cm³/mol. The van der Waals surface area contributed by atoms with E-state index in [9.17, 15) is 9.59 Å². The summed E-state index contributed by atoms with van der Waals surface area (Å²) in [6.07, 6.45) is 4.84. The molecule has 0 saturated carbocycles. The molecule has 0 spiro atoms. The van der Waals surface area contributed by atoms with Crippen LogP contribution in [0.5, 0.6) is 0 Å². The number of nitrogens with zero attached hydrogens (tertiary/aromatic N) is 3. The van der Waals surface area contributed by atoms with Crippen LogP contribution in [-0.4, -0.2) is 44.5 Å². The Kier molecular flexibility index (Phi) is 5.04. The van der Waals surface area contributed by atoms with Crippen molar-refractivity contribution >= 4 is 34.0 Å². The number of carbonyl (C=O) groups excluding carboxylic acids is 2. The maximum atomic E-state index is 13.0. The van der Waals surface area contributed by atoms with Crippen LogP contribution in [0.1, 0.15) is 33.6 Å². The number of hydrogen-bond donors (Lipinski definition) is 1. The van der Waals surface area contributed by atoms with Crippen molar-refractivity contribution in [3.05, 3.63) is 42.0 Å². The van der Waals surface area contributed by atoms with Crippen LogP contribution in [0.2, 0.25) is 0 Å². The molecule has 1 aliphatic heterocycles. The summed E-state index contributed by atoms with van der Waals surface area (Å²) in [4.78, 5) is 32.6. The van der Waals surface area contributed by atoms with Gasteiger partial charge in [-0.25, -0.2) is 9.78 Å². The van der Waals surface area contributed by atoms with Crippen LogP contribution in [0.3, 0.4) is 0 Å². The lowest BCUT2D eigenvalue weighted by Gasteiger charge is -2.28. The second-order valence-corrected chi connectivity index (χ2v) is 8.96. The molecule has 3 aromatic rings. The number of fused-ring (bicyclic) bond motifs is 1. The number of aromatic nitrogens is 2. The molecule has 2 aromatic heterocycles. The summed E-state index contributed by atoms with van der Waals surface area (Å²) in [5.41, 5.74) is 1.72. The molecule has 0 radical (unpaired) electrons. The highest BCUT2D eigenvalue weighted by Gasteiger charge is 2.36. The summed E-state index contributed by atoms with van der Waals surface area (Å²) in [6.45, 7) is 5.98. The first-order chi connectivity index (χ1) is 13.8.